The van der Waals surface area contributed by atoms with E-state index >= 15 is 0 Å². The summed E-state index contributed by atoms with van der Waals surface area (Å²) in [6, 6.07) is -0.492. The lowest BCUT2D eigenvalue weighted by atomic mass is 9.94. The summed E-state index contributed by atoms with van der Waals surface area (Å²) in [6.45, 7) is 7.72. The molecule has 2 aromatic heterocycles. The van der Waals surface area contributed by atoms with E-state index in [-0.39, 0.29) is 5.91 Å². The standard InChI is InChI=1S/C20H28N6O2.2C2HF3O2/c1-13(21)20(27)26-9-6-16-15(11-26)10-22-14(2)18(16)19-23-17(28-24-19)12-25-7-4-3-5-8-25;2*3-2(4,5)1(6)7/h10,13H,3-9,11-12,21H2,1-2H3;2*(H,6,7)/t13-;;/m0../s1. The third kappa shape index (κ3) is 9.93. The second-order valence-electron chi connectivity index (χ2n) is 9.48. The van der Waals surface area contributed by atoms with Crippen LogP contribution in [0.3, 0.4) is 0 Å². The second kappa shape index (κ2) is 14.4. The summed E-state index contributed by atoms with van der Waals surface area (Å²) in [5, 5.41) is 18.5. The largest absolute Gasteiger partial charge is 0.490 e. The Morgan fingerprint density at radius 2 is 1.57 bits per heavy atom. The number of aromatic nitrogens is 3. The zero-order chi connectivity index (χ0) is 31.8. The van der Waals surface area contributed by atoms with Crippen LogP contribution < -0.4 is 5.73 Å². The van der Waals surface area contributed by atoms with Crippen molar-refractivity contribution in [2.45, 2.75) is 71.0 Å². The van der Waals surface area contributed by atoms with Crippen LogP contribution in [0.5, 0.6) is 0 Å². The monoisotopic (exact) mass is 612 g/mol. The van der Waals surface area contributed by atoms with Gasteiger partial charge in [0, 0.05) is 30.5 Å². The molecule has 0 unspecified atom stereocenters. The summed E-state index contributed by atoms with van der Waals surface area (Å²) in [5.41, 5.74) is 9.79. The lowest BCUT2D eigenvalue weighted by Gasteiger charge is -2.31. The predicted octanol–water partition coefficient (Wildman–Crippen LogP) is 2.92. The van der Waals surface area contributed by atoms with Gasteiger partial charge >= 0.3 is 24.3 Å². The van der Waals surface area contributed by atoms with Crippen molar-refractivity contribution >= 4 is 17.8 Å². The molecule has 0 aliphatic carbocycles. The maximum absolute atomic E-state index is 12.3. The number of nitrogens with two attached hydrogens (primary N) is 1. The van der Waals surface area contributed by atoms with E-state index in [0.717, 1.165) is 41.9 Å². The molecule has 1 amide bonds. The number of carboxylic acid groups (broad SMARTS) is 2. The molecule has 0 spiro atoms. The Labute approximate surface area is 235 Å². The Kier molecular flexibility index (Phi) is 11.8. The molecule has 4 rings (SSSR count). The van der Waals surface area contributed by atoms with Gasteiger partial charge in [-0.25, -0.2) is 9.59 Å². The van der Waals surface area contributed by atoms with Crippen LogP contribution >= 0.6 is 0 Å². The highest BCUT2D eigenvalue weighted by Crippen LogP contribution is 2.31. The molecule has 1 saturated heterocycles. The molecular formula is C24H30F6N6O6. The van der Waals surface area contributed by atoms with Crippen LogP contribution in [-0.4, -0.2) is 91.0 Å². The molecule has 0 radical (unpaired) electrons. The van der Waals surface area contributed by atoms with Crippen molar-refractivity contribution < 1.29 is 55.5 Å². The van der Waals surface area contributed by atoms with Crippen molar-refractivity contribution in [3.8, 4) is 11.4 Å². The molecule has 18 heteroatoms. The lowest BCUT2D eigenvalue weighted by molar-refractivity contribution is -0.193. The number of hydrogen-bond acceptors (Lipinski definition) is 9. The molecule has 12 nitrogen and oxygen atoms in total. The predicted molar refractivity (Wildman–Crippen MR) is 132 cm³/mol. The number of carbonyl (C=O) groups is 3. The third-order valence-corrected chi connectivity index (χ3v) is 6.14. The molecule has 1 atom stereocenters. The van der Waals surface area contributed by atoms with Crippen molar-refractivity contribution in [1.82, 2.24) is 24.9 Å². The number of carbonyl (C=O) groups excluding carboxylic acids is 1. The van der Waals surface area contributed by atoms with Gasteiger partial charge in [0.1, 0.15) is 0 Å². The number of aryl methyl sites for hydroxylation is 1. The number of halogens is 6. The molecule has 234 valence electrons. The molecule has 2 aromatic rings. The Morgan fingerprint density at radius 3 is 2.07 bits per heavy atom. The van der Waals surface area contributed by atoms with Crippen molar-refractivity contribution in [3.05, 3.63) is 28.9 Å². The first-order chi connectivity index (χ1) is 19.4. The van der Waals surface area contributed by atoms with E-state index in [1.807, 2.05) is 13.1 Å². The molecule has 4 heterocycles. The van der Waals surface area contributed by atoms with Crippen LogP contribution in [-0.2, 0) is 33.9 Å². The number of likely N-dealkylation sites (tertiary alicyclic amines) is 1. The van der Waals surface area contributed by atoms with E-state index in [1.54, 1.807) is 11.8 Å². The van der Waals surface area contributed by atoms with Crippen LogP contribution in [0.1, 0.15) is 48.9 Å². The van der Waals surface area contributed by atoms with E-state index in [2.05, 4.69) is 20.0 Å². The number of fused-ring (bicyclic) bond motifs is 1. The van der Waals surface area contributed by atoms with E-state index in [9.17, 15) is 31.1 Å². The van der Waals surface area contributed by atoms with Gasteiger partial charge in [-0.15, -0.1) is 0 Å². The van der Waals surface area contributed by atoms with E-state index in [4.69, 9.17) is 30.1 Å². The molecule has 0 bridgehead atoms. The number of alkyl halides is 6. The minimum atomic E-state index is -5.08. The molecule has 1 fully saturated rings. The topological polar surface area (TPSA) is 176 Å². The number of aliphatic carboxylic acids is 2. The molecule has 2 aliphatic rings. The SMILES string of the molecule is Cc1ncc2c(c1-c1noc(CN3CCCCC3)n1)CCN(C(=O)[C@H](C)N)C2.O=C(O)C(F)(F)F.O=C(O)C(F)(F)F. The number of carboxylic acids is 2. The first kappa shape index (κ1) is 34.4. The summed E-state index contributed by atoms with van der Waals surface area (Å²) in [6.07, 6.45) is -3.82. The first-order valence-electron chi connectivity index (χ1n) is 12.6. The zero-order valence-electron chi connectivity index (χ0n) is 22.6. The van der Waals surface area contributed by atoms with Gasteiger partial charge < -0.3 is 25.4 Å². The van der Waals surface area contributed by atoms with E-state index < -0.39 is 30.3 Å². The summed E-state index contributed by atoms with van der Waals surface area (Å²) in [4.78, 5) is 43.4. The quantitative estimate of drug-likeness (QED) is 0.433. The summed E-state index contributed by atoms with van der Waals surface area (Å²) >= 11 is 0. The van der Waals surface area contributed by atoms with Gasteiger partial charge in [0.15, 0.2) is 0 Å². The fourth-order valence-electron chi connectivity index (χ4n) is 4.15. The average Bonchev–Trinajstić information content (AvgIpc) is 3.35. The third-order valence-electron chi connectivity index (χ3n) is 6.14. The van der Waals surface area contributed by atoms with Gasteiger partial charge in [-0.05, 0) is 57.3 Å². The smallest absolute Gasteiger partial charge is 0.475 e. The van der Waals surface area contributed by atoms with Crippen LogP contribution in [0.4, 0.5) is 26.3 Å². The van der Waals surface area contributed by atoms with Crippen molar-refractivity contribution in [1.29, 1.82) is 0 Å². The Bertz CT molecular complexity index is 1220. The highest BCUT2D eigenvalue weighted by molar-refractivity contribution is 5.81. The number of rotatable bonds is 4. The van der Waals surface area contributed by atoms with Gasteiger partial charge in [0.2, 0.25) is 17.6 Å². The van der Waals surface area contributed by atoms with E-state index in [0.29, 0.717) is 31.3 Å². The maximum atomic E-state index is 12.3. The van der Waals surface area contributed by atoms with Gasteiger partial charge in [-0.1, -0.05) is 11.6 Å². The highest BCUT2D eigenvalue weighted by atomic mass is 19.4. The molecule has 0 aromatic carbocycles. The average molecular weight is 613 g/mol. The van der Waals surface area contributed by atoms with Crippen LogP contribution in [0.15, 0.2) is 10.7 Å². The fraction of sp³-hybridized carbons (Fsp3) is 0.583. The van der Waals surface area contributed by atoms with Gasteiger partial charge in [-0.3, -0.25) is 14.7 Å². The Hall–Kier alpha value is -3.80. The highest BCUT2D eigenvalue weighted by Gasteiger charge is 2.39. The van der Waals surface area contributed by atoms with Crippen LogP contribution in [0.25, 0.3) is 11.4 Å². The fourth-order valence-corrected chi connectivity index (χ4v) is 4.15. The molecular weight excluding hydrogens is 582 g/mol. The lowest BCUT2D eigenvalue weighted by Crippen LogP contribution is -2.44. The molecule has 2 aliphatic heterocycles. The van der Waals surface area contributed by atoms with Crippen LogP contribution in [0, 0.1) is 6.92 Å². The summed E-state index contributed by atoms with van der Waals surface area (Å²) in [7, 11) is 0. The van der Waals surface area contributed by atoms with Gasteiger partial charge in [-0.2, -0.15) is 31.3 Å². The molecule has 0 saturated carbocycles. The summed E-state index contributed by atoms with van der Waals surface area (Å²) in [5.74, 6) is -4.30. The number of nitrogens with zero attached hydrogens (tertiary/aromatic N) is 5. The maximum Gasteiger partial charge on any atom is 0.490 e. The first-order valence-corrected chi connectivity index (χ1v) is 12.6. The Balaban J connectivity index is 0.000000367. The normalized spacial score (nSPS) is 16.3. The minimum absolute atomic E-state index is 0.0313. The van der Waals surface area contributed by atoms with E-state index in [1.165, 1.54) is 19.3 Å². The number of pyridine rings is 1. The van der Waals surface area contributed by atoms with Crippen molar-refractivity contribution in [2.24, 2.45) is 5.73 Å². The summed E-state index contributed by atoms with van der Waals surface area (Å²) < 4.78 is 69.0. The zero-order valence-corrected chi connectivity index (χ0v) is 22.6. The minimum Gasteiger partial charge on any atom is -0.475 e. The number of piperidine rings is 1. The van der Waals surface area contributed by atoms with Crippen molar-refractivity contribution in [3.63, 3.8) is 0 Å². The van der Waals surface area contributed by atoms with Crippen molar-refractivity contribution in [2.75, 3.05) is 19.6 Å². The molecule has 4 N–H and O–H groups in total. The Morgan fingerprint density at radius 1 is 1.02 bits per heavy atom. The number of amides is 1. The molecule has 42 heavy (non-hydrogen) atoms. The second-order valence-corrected chi connectivity index (χ2v) is 9.48. The van der Waals surface area contributed by atoms with Gasteiger partial charge in [0.25, 0.3) is 0 Å². The van der Waals surface area contributed by atoms with Gasteiger partial charge in [0.05, 0.1) is 12.6 Å². The van der Waals surface area contributed by atoms with Crippen LogP contribution in [0.2, 0.25) is 0 Å². The number of hydrogen-bond donors (Lipinski definition) is 3.